The van der Waals surface area contributed by atoms with Gasteiger partial charge in [0.15, 0.2) is 17.5 Å². The van der Waals surface area contributed by atoms with Crippen molar-refractivity contribution >= 4 is 17.3 Å². The van der Waals surface area contributed by atoms with Crippen molar-refractivity contribution in [3.8, 4) is 5.75 Å². The average Bonchev–Trinajstić information content (AvgIpc) is 2.96. The summed E-state index contributed by atoms with van der Waals surface area (Å²) in [6.07, 6.45) is 0. The van der Waals surface area contributed by atoms with Crippen molar-refractivity contribution < 1.29 is 9.50 Å². The molecule has 0 fully saturated rings. The zero-order chi connectivity index (χ0) is 14.4. The van der Waals surface area contributed by atoms with Crippen LogP contribution in [0, 0.1) is 5.82 Å². The van der Waals surface area contributed by atoms with Gasteiger partial charge in [-0.1, -0.05) is 6.07 Å². The Balaban J connectivity index is 1.85. The monoisotopic (exact) mass is 293 g/mol. The highest BCUT2D eigenvalue weighted by Crippen LogP contribution is 2.15. The maximum Gasteiger partial charge on any atom is 0.191 e. The van der Waals surface area contributed by atoms with Gasteiger partial charge in [0.25, 0.3) is 0 Å². The number of nitrogens with zero attached hydrogens (tertiary/aromatic N) is 1. The number of rotatable bonds is 4. The lowest BCUT2D eigenvalue weighted by atomic mass is 10.2. The standard InChI is InChI=1S/C14H16FN3OS/c1-16-14(18-8-11-4-5-20-9-11)17-7-10-2-3-13(19)12(15)6-10/h2-6,9,19H,7-8H2,1H3,(H2,16,17,18). The molecule has 1 heterocycles. The Morgan fingerprint density at radius 3 is 2.60 bits per heavy atom. The first-order chi connectivity index (χ1) is 9.69. The third kappa shape index (κ3) is 3.96. The van der Waals surface area contributed by atoms with Gasteiger partial charge in [-0.3, -0.25) is 4.99 Å². The minimum atomic E-state index is -0.620. The number of hydrogen-bond donors (Lipinski definition) is 3. The van der Waals surface area contributed by atoms with Gasteiger partial charge in [0.2, 0.25) is 0 Å². The summed E-state index contributed by atoms with van der Waals surface area (Å²) >= 11 is 1.65. The van der Waals surface area contributed by atoms with Gasteiger partial charge in [0, 0.05) is 20.1 Å². The first-order valence-electron chi connectivity index (χ1n) is 6.12. The van der Waals surface area contributed by atoms with E-state index in [0.717, 1.165) is 5.56 Å². The summed E-state index contributed by atoms with van der Waals surface area (Å²) < 4.78 is 13.2. The molecule has 2 rings (SSSR count). The Kier molecular flexibility index (Phi) is 4.95. The van der Waals surface area contributed by atoms with Gasteiger partial charge in [0.05, 0.1) is 0 Å². The molecule has 0 spiro atoms. The van der Waals surface area contributed by atoms with E-state index in [1.54, 1.807) is 24.5 Å². The van der Waals surface area contributed by atoms with Gasteiger partial charge in [0.1, 0.15) is 0 Å². The molecule has 0 unspecified atom stereocenters. The van der Waals surface area contributed by atoms with E-state index in [1.807, 2.05) is 11.4 Å². The van der Waals surface area contributed by atoms with Gasteiger partial charge in [-0.05, 0) is 40.1 Å². The molecule has 0 atom stereocenters. The molecule has 6 heteroatoms. The Hall–Kier alpha value is -2.08. The number of phenolic OH excluding ortho intramolecular Hbond substituents is 1. The fraction of sp³-hybridized carbons (Fsp3) is 0.214. The number of benzene rings is 1. The molecule has 0 radical (unpaired) electrons. The number of aromatic hydroxyl groups is 1. The minimum absolute atomic E-state index is 0.339. The van der Waals surface area contributed by atoms with E-state index in [-0.39, 0.29) is 5.75 Å². The molecule has 0 aliphatic rings. The van der Waals surface area contributed by atoms with E-state index in [1.165, 1.54) is 17.7 Å². The first kappa shape index (κ1) is 14.3. The molecule has 2 aromatic rings. The molecule has 0 saturated heterocycles. The minimum Gasteiger partial charge on any atom is -0.505 e. The van der Waals surface area contributed by atoms with Crippen molar-refractivity contribution in [2.75, 3.05) is 7.05 Å². The molecule has 1 aromatic heterocycles. The van der Waals surface area contributed by atoms with Crippen molar-refractivity contribution in [3.63, 3.8) is 0 Å². The van der Waals surface area contributed by atoms with Crippen LogP contribution in [0.5, 0.6) is 5.75 Å². The van der Waals surface area contributed by atoms with E-state index in [4.69, 9.17) is 5.11 Å². The molecule has 0 aliphatic heterocycles. The van der Waals surface area contributed by atoms with Crippen LogP contribution in [0.25, 0.3) is 0 Å². The number of halogens is 1. The second kappa shape index (κ2) is 6.91. The van der Waals surface area contributed by atoms with Crippen LogP contribution in [0.15, 0.2) is 40.0 Å². The van der Waals surface area contributed by atoms with Crippen molar-refractivity contribution in [2.45, 2.75) is 13.1 Å². The quantitative estimate of drug-likeness (QED) is 0.599. The van der Waals surface area contributed by atoms with E-state index in [0.29, 0.717) is 19.0 Å². The van der Waals surface area contributed by atoms with E-state index in [9.17, 15) is 4.39 Å². The van der Waals surface area contributed by atoms with Gasteiger partial charge >= 0.3 is 0 Å². The van der Waals surface area contributed by atoms with Crippen LogP contribution >= 0.6 is 11.3 Å². The van der Waals surface area contributed by atoms with Crippen LogP contribution in [-0.4, -0.2) is 18.1 Å². The zero-order valence-electron chi connectivity index (χ0n) is 11.1. The molecule has 20 heavy (non-hydrogen) atoms. The third-order valence-electron chi connectivity index (χ3n) is 2.74. The number of phenols is 1. The molecule has 3 N–H and O–H groups in total. The highest BCUT2D eigenvalue weighted by atomic mass is 32.1. The zero-order valence-corrected chi connectivity index (χ0v) is 11.9. The number of aliphatic imine (C=N–C) groups is 1. The van der Waals surface area contributed by atoms with Crippen molar-refractivity contribution in [2.24, 2.45) is 4.99 Å². The summed E-state index contributed by atoms with van der Waals surface area (Å²) in [5.41, 5.74) is 1.92. The van der Waals surface area contributed by atoms with Crippen molar-refractivity contribution in [3.05, 3.63) is 52.0 Å². The Labute approximate surface area is 121 Å². The summed E-state index contributed by atoms with van der Waals surface area (Å²) in [7, 11) is 1.68. The smallest absolute Gasteiger partial charge is 0.191 e. The summed E-state index contributed by atoms with van der Waals surface area (Å²) in [4.78, 5) is 4.10. The van der Waals surface area contributed by atoms with Crippen LogP contribution in [0.2, 0.25) is 0 Å². The first-order valence-corrected chi connectivity index (χ1v) is 7.06. The predicted molar refractivity (Wildman–Crippen MR) is 79.4 cm³/mol. The highest BCUT2D eigenvalue weighted by molar-refractivity contribution is 7.07. The lowest BCUT2D eigenvalue weighted by molar-refractivity contribution is 0.431. The lowest BCUT2D eigenvalue weighted by Crippen LogP contribution is -2.36. The van der Waals surface area contributed by atoms with Gasteiger partial charge in [-0.15, -0.1) is 0 Å². The Bertz CT molecular complexity index is 584. The largest absolute Gasteiger partial charge is 0.505 e. The SMILES string of the molecule is CN=C(NCc1ccsc1)NCc1ccc(O)c(F)c1. The van der Waals surface area contributed by atoms with Gasteiger partial charge in [-0.2, -0.15) is 11.3 Å². The molecule has 0 aliphatic carbocycles. The fourth-order valence-corrected chi connectivity index (χ4v) is 2.31. The molecule has 0 amide bonds. The van der Waals surface area contributed by atoms with Crippen LogP contribution in [0.4, 0.5) is 4.39 Å². The fourth-order valence-electron chi connectivity index (χ4n) is 1.65. The number of nitrogens with one attached hydrogen (secondary N) is 2. The number of hydrogen-bond acceptors (Lipinski definition) is 3. The van der Waals surface area contributed by atoms with Gasteiger partial charge < -0.3 is 15.7 Å². The van der Waals surface area contributed by atoms with Crippen molar-refractivity contribution in [1.29, 1.82) is 0 Å². The Morgan fingerprint density at radius 2 is 2.00 bits per heavy atom. The van der Waals surface area contributed by atoms with Crippen LogP contribution < -0.4 is 10.6 Å². The number of thiophene rings is 1. The molecular weight excluding hydrogens is 277 g/mol. The maximum atomic E-state index is 13.2. The number of guanidine groups is 1. The van der Waals surface area contributed by atoms with Crippen molar-refractivity contribution in [1.82, 2.24) is 10.6 Å². The summed E-state index contributed by atoms with van der Waals surface area (Å²) in [5.74, 6) is -0.316. The third-order valence-corrected chi connectivity index (χ3v) is 3.47. The van der Waals surface area contributed by atoms with Crippen LogP contribution in [0.1, 0.15) is 11.1 Å². The lowest BCUT2D eigenvalue weighted by Gasteiger charge is -2.11. The van der Waals surface area contributed by atoms with E-state index >= 15 is 0 Å². The summed E-state index contributed by atoms with van der Waals surface area (Å²) in [6.45, 7) is 1.12. The maximum absolute atomic E-state index is 13.2. The van der Waals surface area contributed by atoms with E-state index in [2.05, 4.69) is 21.0 Å². The second-order valence-electron chi connectivity index (χ2n) is 4.20. The molecule has 0 saturated carbocycles. The average molecular weight is 293 g/mol. The molecular formula is C14H16FN3OS. The van der Waals surface area contributed by atoms with Crippen LogP contribution in [-0.2, 0) is 13.1 Å². The Morgan fingerprint density at radius 1 is 1.25 bits per heavy atom. The molecule has 0 bridgehead atoms. The van der Waals surface area contributed by atoms with Gasteiger partial charge in [-0.25, -0.2) is 4.39 Å². The predicted octanol–water partition coefficient (Wildman–Crippen LogP) is 2.46. The molecule has 1 aromatic carbocycles. The second-order valence-corrected chi connectivity index (χ2v) is 4.98. The normalized spacial score (nSPS) is 11.4. The molecule has 4 nitrogen and oxygen atoms in total. The topological polar surface area (TPSA) is 56.7 Å². The highest BCUT2D eigenvalue weighted by Gasteiger charge is 2.03. The van der Waals surface area contributed by atoms with E-state index < -0.39 is 5.82 Å². The summed E-state index contributed by atoms with van der Waals surface area (Å²) in [6, 6.07) is 6.35. The van der Waals surface area contributed by atoms with Crippen LogP contribution in [0.3, 0.4) is 0 Å². The molecule has 106 valence electrons. The summed E-state index contributed by atoms with van der Waals surface area (Å²) in [5, 5.41) is 19.5.